The summed E-state index contributed by atoms with van der Waals surface area (Å²) < 4.78 is 1.72. The van der Waals surface area contributed by atoms with Gasteiger partial charge in [0, 0.05) is 0 Å². The summed E-state index contributed by atoms with van der Waals surface area (Å²) in [5.41, 5.74) is 16.5. The van der Waals surface area contributed by atoms with Crippen molar-refractivity contribution < 1.29 is 55.6 Å². The summed E-state index contributed by atoms with van der Waals surface area (Å²) in [5.74, 6) is -2.42. The standard InChI is InChI=1S/C39H33Si.C9H13.3ClH.Ti/c1-28-19-22-34(31-13-7-4-8-14-31)37(25-28)40(38-26-29(2)20-23-35(38)32-15-9-5-10-16-32)39-27-30(3)21-24-36(39)33-17-11-6-12-18-33;1-6-5-7(2)9(4)8(6)3;;;;/h4-27H,1-3H3;6H,1-4H3;3*1H;/q;;;;;+3/p-3. The molecule has 6 aromatic rings. The first-order valence-electron chi connectivity index (χ1n) is 17.9. The Hall–Kier alpha value is -3.40. The Kier molecular flexibility index (Phi) is 14.2. The molecule has 0 radical (unpaired) electrons. The first-order chi connectivity index (χ1) is 24.2. The molecule has 0 heterocycles. The van der Waals surface area contributed by atoms with Gasteiger partial charge in [-0.05, 0) is 0 Å². The number of rotatable bonds is 8. The van der Waals surface area contributed by atoms with Gasteiger partial charge >= 0.3 is 311 Å². The van der Waals surface area contributed by atoms with E-state index in [1.165, 1.54) is 66.8 Å². The van der Waals surface area contributed by atoms with Gasteiger partial charge in [0.15, 0.2) is 0 Å². The van der Waals surface area contributed by atoms with E-state index in [0.717, 1.165) is 0 Å². The molecule has 1 unspecified atom stereocenters. The van der Waals surface area contributed by atoms with E-state index in [4.69, 9.17) is 0 Å². The fraction of sp³-hybridized carbons (Fsp3) is 0.167. The maximum absolute atomic E-state index is 2.87. The van der Waals surface area contributed by atoms with Gasteiger partial charge in [0.2, 0.25) is 0 Å². The van der Waals surface area contributed by atoms with Crippen molar-refractivity contribution in [2.75, 3.05) is 0 Å². The van der Waals surface area contributed by atoms with Crippen LogP contribution in [0.1, 0.15) is 44.4 Å². The number of aryl methyl sites for hydroxylation is 3. The van der Waals surface area contributed by atoms with E-state index >= 15 is 0 Å². The second kappa shape index (κ2) is 17.8. The van der Waals surface area contributed by atoms with Crippen molar-refractivity contribution in [2.24, 2.45) is 5.92 Å². The van der Waals surface area contributed by atoms with Crippen molar-refractivity contribution in [1.82, 2.24) is 0 Å². The van der Waals surface area contributed by atoms with Crippen molar-refractivity contribution in [2.45, 2.75) is 48.5 Å². The zero-order chi connectivity index (χ0) is 35.0. The molecule has 53 heavy (non-hydrogen) atoms. The van der Waals surface area contributed by atoms with Gasteiger partial charge in [0.05, 0.1) is 0 Å². The van der Waals surface area contributed by atoms with E-state index in [0.29, 0.717) is 5.92 Å². The molecule has 0 N–H and O–H groups in total. The smallest absolute Gasteiger partial charge is 1.00 e. The average molecular weight is 805 g/mol. The Balaban J connectivity index is 0.00000209. The molecule has 0 bridgehead atoms. The zero-order valence-electron chi connectivity index (χ0n) is 31.6. The van der Waals surface area contributed by atoms with E-state index < -0.39 is 24.3 Å². The van der Waals surface area contributed by atoms with Crippen molar-refractivity contribution in [1.29, 1.82) is 0 Å². The minimum Gasteiger partial charge on any atom is -1.00 e. The molecular weight excluding hydrogens is 759 g/mol. The first kappa shape index (κ1) is 42.3. The molecule has 0 spiro atoms. The van der Waals surface area contributed by atoms with Gasteiger partial charge in [0.25, 0.3) is 0 Å². The van der Waals surface area contributed by atoms with Crippen LogP contribution in [-0.2, 0) is 18.4 Å². The monoisotopic (exact) mass is 803 g/mol. The molecule has 0 saturated carbocycles. The summed E-state index contributed by atoms with van der Waals surface area (Å²) in [5, 5.41) is 4.64. The van der Waals surface area contributed by atoms with Gasteiger partial charge in [0.1, 0.15) is 0 Å². The van der Waals surface area contributed by atoms with Crippen LogP contribution in [0.25, 0.3) is 33.4 Å². The quantitative estimate of drug-likeness (QED) is 0.163. The van der Waals surface area contributed by atoms with Crippen LogP contribution < -0.4 is 52.8 Å². The van der Waals surface area contributed by atoms with Crippen LogP contribution in [0.15, 0.2) is 166 Å². The van der Waals surface area contributed by atoms with E-state index in [2.05, 4.69) is 194 Å². The minimum absolute atomic E-state index is 0. The Morgan fingerprint density at radius 2 is 0.736 bits per heavy atom. The molecule has 6 aromatic carbocycles. The van der Waals surface area contributed by atoms with Crippen LogP contribution in [-0.4, -0.2) is 5.94 Å². The minimum atomic E-state index is -2.87. The number of allylic oxidation sites excluding steroid dienone is 4. The predicted molar refractivity (Wildman–Crippen MR) is 215 cm³/mol. The van der Waals surface area contributed by atoms with Crippen molar-refractivity contribution in [3.05, 3.63) is 183 Å². The Labute approximate surface area is 345 Å². The maximum atomic E-state index is 2.59. The molecule has 0 aliphatic heterocycles. The van der Waals surface area contributed by atoms with Gasteiger partial charge in [-0.2, -0.15) is 0 Å². The van der Waals surface area contributed by atoms with Crippen molar-refractivity contribution in [3.8, 4) is 33.4 Å². The second-order valence-corrected chi connectivity index (χ2v) is 23.1. The number of halogens is 3. The van der Waals surface area contributed by atoms with Crippen molar-refractivity contribution >= 4 is 21.5 Å². The normalized spacial score (nSPS) is 13.8. The summed E-state index contributed by atoms with van der Waals surface area (Å²) >= 11 is -0.807. The van der Waals surface area contributed by atoms with Crippen LogP contribution in [0, 0.1) is 26.7 Å². The molecule has 0 aromatic heterocycles. The Bertz CT molecular complexity index is 2050. The van der Waals surface area contributed by atoms with Crippen LogP contribution in [0.3, 0.4) is 0 Å². The Morgan fingerprint density at radius 1 is 0.415 bits per heavy atom. The van der Waals surface area contributed by atoms with E-state index in [1.54, 1.807) is 19.4 Å². The fourth-order valence-corrected chi connectivity index (χ4v) is 22.4. The van der Waals surface area contributed by atoms with Crippen LogP contribution in [0.4, 0.5) is 0 Å². The molecule has 0 nitrogen and oxygen atoms in total. The van der Waals surface area contributed by atoms with Gasteiger partial charge in [-0.1, -0.05) is 0 Å². The summed E-state index contributed by atoms with van der Waals surface area (Å²) in [6, 6.07) is 55.5. The largest absolute Gasteiger partial charge is 1.00 e. The molecule has 0 fully saturated rings. The van der Waals surface area contributed by atoms with E-state index in [1.807, 2.05) is 0 Å². The molecule has 1 aliphatic carbocycles. The van der Waals surface area contributed by atoms with Gasteiger partial charge in [-0.25, -0.2) is 0 Å². The van der Waals surface area contributed by atoms with E-state index in [9.17, 15) is 0 Å². The first-order valence-corrected chi connectivity index (χ1v) is 23.0. The average Bonchev–Trinajstić information content (AvgIpc) is 3.32. The third-order valence-corrected chi connectivity index (χ3v) is 23.3. The maximum Gasteiger partial charge on any atom is -1.00 e. The Morgan fingerprint density at radius 3 is 1.02 bits per heavy atom. The molecule has 267 valence electrons. The third-order valence-electron chi connectivity index (χ3n) is 11.0. The van der Waals surface area contributed by atoms with Gasteiger partial charge in [-0.15, -0.1) is 0 Å². The summed E-state index contributed by atoms with van der Waals surface area (Å²) in [4.78, 5) is 0. The number of hydrogen-bond acceptors (Lipinski definition) is 0. The van der Waals surface area contributed by atoms with Crippen molar-refractivity contribution in [3.63, 3.8) is 0 Å². The summed E-state index contributed by atoms with van der Waals surface area (Å²) in [6.45, 7) is 16.5. The third kappa shape index (κ3) is 8.04. The number of hydrogen-bond donors (Lipinski definition) is 0. The van der Waals surface area contributed by atoms with E-state index in [-0.39, 0.29) is 37.2 Å². The van der Waals surface area contributed by atoms with Crippen LogP contribution in [0.2, 0.25) is 0 Å². The number of benzene rings is 6. The molecule has 5 heteroatoms. The zero-order valence-corrected chi connectivity index (χ0v) is 36.4. The van der Waals surface area contributed by atoms with Crippen LogP contribution >= 0.6 is 0 Å². The fourth-order valence-electron chi connectivity index (χ4n) is 7.92. The molecular formula is C48H46Cl3SiTi. The molecule has 1 atom stereocenters. The molecule has 7 rings (SSSR count). The van der Waals surface area contributed by atoms with Crippen LogP contribution in [0.5, 0.6) is 0 Å². The predicted octanol–water partition coefficient (Wildman–Crippen LogP) is 1.93. The topological polar surface area (TPSA) is 0 Å². The van der Waals surface area contributed by atoms with Gasteiger partial charge in [-0.3, -0.25) is 0 Å². The van der Waals surface area contributed by atoms with Gasteiger partial charge < -0.3 is 37.2 Å². The molecule has 1 aliphatic rings. The second-order valence-electron chi connectivity index (χ2n) is 14.2. The summed E-state index contributed by atoms with van der Waals surface area (Å²) in [7, 11) is 0. The SMILES string of the molecule is CC1=C(C)C(C)[C]([Ti+3][Si](c2cc(C)ccc2-c2ccccc2)(c2cc(C)ccc2-c2ccccc2)c2cc(C)ccc2-c2ccccc2)=C1C.[Cl-].[Cl-].[Cl-]. The summed E-state index contributed by atoms with van der Waals surface area (Å²) in [6.07, 6.45) is 0. The molecule has 0 saturated heterocycles. The molecule has 0 amide bonds.